The van der Waals surface area contributed by atoms with Gasteiger partial charge in [0.25, 0.3) is 0 Å². The summed E-state index contributed by atoms with van der Waals surface area (Å²) in [4.78, 5) is 11.8. The van der Waals surface area contributed by atoms with Crippen LogP contribution in [0.15, 0.2) is 29.2 Å². The van der Waals surface area contributed by atoms with Gasteiger partial charge in [-0.1, -0.05) is 26.0 Å². The summed E-state index contributed by atoms with van der Waals surface area (Å²) in [5, 5.41) is 2.78. The molecule has 0 radical (unpaired) electrons. The van der Waals surface area contributed by atoms with E-state index >= 15 is 0 Å². The van der Waals surface area contributed by atoms with E-state index in [0.29, 0.717) is 13.1 Å². The van der Waals surface area contributed by atoms with E-state index in [-0.39, 0.29) is 16.8 Å². The number of amides is 1. The molecule has 0 aliphatic carbocycles. The largest absolute Gasteiger partial charge is 0.348 e. The van der Waals surface area contributed by atoms with Crippen molar-refractivity contribution < 1.29 is 13.2 Å². The lowest BCUT2D eigenvalue weighted by atomic mass is 10.1. The number of rotatable bonds is 7. The third-order valence-corrected chi connectivity index (χ3v) is 5.56. The van der Waals surface area contributed by atoms with Gasteiger partial charge < -0.3 is 11.1 Å². The molecule has 22 heavy (non-hydrogen) atoms. The fourth-order valence-electron chi connectivity index (χ4n) is 2.07. The first-order valence-electron chi connectivity index (χ1n) is 7.40. The summed E-state index contributed by atoms with van der Waals surface area (Å²) in [6.45, 7) is 7.92. The molecule has 0 saturated carbocycles. The Labute approximate surface area is 132 Å². The first-order valence-corrected chi connectivity index (χ1v) is 8.84. The minimum atomic E-state index is -3.45. The van der Waals surface area contributed by atoms with Crippen molar-refractivity contribution in [3.8, 4) is 0 Å². The van der Waals surface area contributed by atoms with Gasteiger partial charge in [-0.05, 0) is 31.5 Å². The van der Waals surface area contributed by atoms with Gasteiger partial charge in [0.15, 0.2) is 0 Å². The number of sulfonamides is 1. The lowest BCUT2D eigenvalue weighted by Gasteiger charge is -2.19. The molecule has 3 N–H and O–H groups in total. The summed E-state index contributed by atoms with van der Waals surface area (Å²) in [5.41, 5.74) is 6.34. The Hall–Kier alpha value is -1.44. The minimum absolute atomic E-state index is 0.233. The van der Waals surface area contributed by atoms with E-state index in [9.17, 15) is 13.2 Å². The summed E-state index contributed by atoms with van der Waals surface area (Å²) < 4.78 is 26.2. The Kier molecular flexibility index (Phi) is 6.52. The quantitative estimate of drug-likeness (QED) is 0.788. The van der Waals surface area contributed by atoms with Crippen LogP contribution in [0.2, 0.25) is 0 Å². The second-order valence-corrected chi connectivity index (χ2v) is 7.12. The molecule has 1 amide bonds. The molecule has 0 aliphatic heterocycles. The second-order valence-electron chi connectivity index (χ2n) is 5.18. The van der Waals surface area contributed by atoms with Crippen LogP contribution in [0.1, 0.15) is 39.3 Å². The molecule has 6 nitrogen and oxygen atoms in total. The Morgan fingerprint density at radius 3 is 2.09 bits per heavy atom. The average molecular weight is 327 g/mol. The van der Waals surface area contributed by atoms with Crippen molar-refractivity contribution in [1.29, 1.82) is 0 Å². The molecule has 2 atom stereocenters. The van der Waals surface area contributed by atoms with Crippen molar-refractivity contribution in [2.24, 2.45) is 5.73 Å². The Morgan fingerprint density at radius 2 is 1.68 bits per heavy atom. The monoisotopic (exact) mass is 327 g/mol. The van der Waals surface area contributed by atoms with Crippen LogP contribution in [0.3, 0.4) is 0 Å². The third kappa shape index (κ3) is 4.28. The zero-order chi connectivity index (χ0) is 16.9. The fraction of sp³-hybridized carbons (Fsp3) is 0.533. The summed E-state index contributed by atoms with van der Waals surface area (Å²) in [7, 11) is -3.45. The zero-order valence-corrected chi connectivity index (χ0v) is 14.4. The van der Waals surface area contributed by atoms with Crippen LogP contribution in [0.25, 0.3) is 0 Å². The predicted octanol–water partition coefficient (Wildman–Crippen LogP) is 1.24. The molecule has 1 unspecified atom stereocenters. The van der Waals surface area contributed by atoms with E-state index in [4.69, 9.17) is 5.73 Å². The second kappa shape index (κ2) is 7.71. The highest BCUT2D eigenvalue weighted by atomic mass is 32.2. The molecular weight excluding hydrogens is 302 g/mol. The number of hydrogen-bond donors (Lipinski definition) is 2. The third-order valence-electron chi connectivity index (χ3n) is 3.50. The van der Waals surface area contributed by atoms with Crippen molar-refractivity contribution in [1.82, 2.24) is 9.62 Å². The number of nitrogens with one attached hydrogen (secondary N) is 1. The van der Waals surface area contributed by atoms with E-state index in [1.54, 1.807) is 45.0 Å². The average Bonchev–Trinajstić information content (AvgIpc) is 2.48. The van der Waals surface area contributed by atoms with E-state index < -0.39 is 16.1 Å². The van der Waals surface area contributed by atoms with Crippen LogP contribution < -0.4 is 11.1 Å². The lowest BCUT2D eigenvalue weighted by molar-refractivity contribution is -0.122. The maximum atomic E-state index is 12.4. The summed E-state index contributed by atoms with van der Waals surface area (Å²) >= 11 is 0. The Morgan fingerprint density at radius 1 is 1.18 bits per heavy atom. The highest BCUT2D eigenvalue weighted by Gasteiger charge is 2.21. The van der Waals surface area contributed by atoms with Gasteiger partial charge in [-0.3, -0.25) is 4.79 Å². The van der Waals surface area contributed by atoms with Gasteiger partial charge in [-0.2, -0.15) is 4.31 Å². The van der Waals surface area contributed by atoms with Gasteiger partial charge in [-0.25, -0.2) is 8.42 Å². The first kappa shape index (κ1) is 18.6. The van der Waals surface area contributed by atoms with Crippen LogP contribution in [0, 0.1) is 0 Å². The normalized spacial score (nSPS) is 14.6. The minimum Gasteiger partial charge on any atom is -0.348 e. The number of benzene rings is 1. The topological polar surface area (TPSA) is 92.5 Å². The number of nitrogens with two attached hydrogens (primary N) is 1. The molecule has 1 rings (SSSR count). The standard InChI is InChI=1S/C15H25N3O3S/c1-5-18(6-2)22(20,21)14-9-7-13(8-10-14)12(4)17-15(19)11(3)16/h7-12H,5-6,16H2,1-4H3,(H,17,19)/t11-,12?/m1/s1. The molecule has 0 aromatic heterocycles. The lowest BCUT2D eigenvalue weighted by Crippen LogP contribution is -2.39. The maximum Gasteiger partial charge on any atom is 0.243 e. The molecule has 0 saturated heterocycles. The molecule has 0 spiro atoms. The van der Waals surface area contributed by atoms with Crippen LogP contribution in [0.5, 0.6) is 0 Å². The van der Waals surface area contributed by atoms with Gasteiger partial charge in [-0.15, -0.1) is 0 Å². The van der Waals surface area contributed by atoms with Crippen molar-refractivity contribution >= 4 is 15.9 Å². The molecule has 1 aromatic carbocycles. The molecule has 0 bridgehead atoms. The van der Waals surface area contributed by atoms with Gasteiger partial charge in [0.2, 0.25) is 15.9 Å². The van der Waals surface area contributed by atoms with Crippen LogP contribution in [0.4, 0.5) is 0 Å². The number of carbonyl (C=O) groups is 1. The van der Waals surface area contributed by atoms with Crippen LogP contribution in [-0.2, 0) is 14.8 Å². The first-order chi connectivity index (χ1) is 10.2. The molecular formula is C15H25N3O3S. The predicted molar refractivity (Wildman–Crippen MR) is 86.8 cm³/mol. The van der Waals surface area contributed by atoms with E-state index in [2.05, 4.69) is 5.32 Å². The highest BCUT2D eigenvalue weighted by molar-refractivity contribution is 7.89. The maximum absolute atomic E-state index is 12.4. The zero-order valence-electron chi connectivity index (χ0n) is 13.5. The molecule has 7 heteroatoms. The molecule has 0 fully saturated rings. The molecule has 0 heterocycles. The molecule has 1 aromatic rings. The SMILES string of the molecule is CCN(CC)S(=O)(=O)c1ccc(C(C)NC(=O)[C@@H](C)N)cc1. The van der Waals surface area contributed by atoms with Crippen molar-refractivity contribution in [3.63, 3.8) is 0 Å². The van der Waals surface area contributed by atoms with Crippen molar-refractivity contribution in [2.75, 3.05) is 13.1 Å². The Bertz CT molecular complexity index is 593. The smallest absolute Gasteiger partial charge is 0.243 e. The summed E-state index contributed by atoms with van der Waals surface area (Å²) in [6, 6.07) is 5.74. The van der Waals surface area contributed by atoms with Gasteiger partial charge in [0.1, 0.15) is 0 Å². The van der Waals surface area contributed by atoms with Gasteiger partial charge in [0.05, 0.1) is 17.0 Å². The summed E-state index contributed by atoms with van der Waals surface area (Å²) in [5.74, 6) is -0.243. The molecule has 124 valence electrons. The van der Waals surface area contributed by atoms with E-state index in [1.807, 2.05) is 6.92 Å². The van der Waals surface area contributed by atoms with E-state index in [0.717, 1.165) is 5.56 Å². The van der Waals surface area contributed by atoms with Crippen LogP contribution >= 0.6 is 0 Å². The Balaban J connectivity index is 2.93. The van der Waals surface area contributed by atoms with Crippen LogP contribution in [-0.4, -0.2) is 37.8 Å². The van der Waals surface area contributed by atoms with E-state index in [1.165, 1.54) is 4.31 Å². The summed E-state index contributed by atoms with van der Waals surface area (Å²) in [6.07, 6.45) is 0. The molecule has 0 aliphatic rings. The number of nitrogens with zero attached hydrogens (tertiary/aromatic N) is 1. The number of hydrogen-bond acceptors (Lipinski definition) is 4. The highest BCUT2D eigenvalue weighted by Crippen LogP contribution is 2.19. The van der Waals surface area contributed by atoms with Gasteiger partial charge in [0, 0.05) is 13.1 Å². The van der Waals surface area contributed by atoms with Crippen molar-refractivity contribution in [2.45, 2.75) is 44.7 Å². The fourth-order valence-corrected chi connectivity index (χ4v) is 3.53. The van der Waals surface area contributed by atoms with Gasteiger partial charge >= 0.3 is 0 Å². The number of carbonyl (C=O) groups excluding carboxylic acids is 1. The van der Waals surface area contributed by atoms with Crippen molar-refractivity contribution in [3.05, 3.63) is 29.8 Å².